The van der Waals surface area contributed by atoms with E-state index >= 15 is 0 Å². The molecule has 2 aromatic heterocycles. The van der Waals surface area contributed by atoms with Gasteiger partial charge in [-0.05, 0) is 44.2 Å². The van der Waals surface area contributed by atoms with Crippen LogP contribution in [0, 0.1) is 0 Å². The van der Waals surface area contributed by atoms with Gasteiger partial charge in [-0.1, -0.05) is 23.4 Å². The average Bonchev–Trinajstić information content (AvgIpc) is 3.16. The molecular weight excluding hydrogens is 336 g/mol. The molecule has 0 N–H and O–H groups in total. The standard InChI is InChI=1S/C15H19ClN4S2/c16-13-7-6-12(22-13)10-21-15-18-17-14(20(15)11-4-5-11)19-8-2-1-3-9-19/h6-7,11H,1-5,8-10H2. The Hall–Kier alpha value is -0.720. The van der Waals surface area contributed by atoms with E-state index in [2.05, 4.69) is 25.7 Å². The van der Waals surface area contributed by atoms with Gasteiger partial charge in [-0.25, -0.2) is 0 Å². The summed E-state index contributed by atoms with van der Waals surface area (Å²) in [4.78, 5) is 3.71. The number of piperidine rings is 1. The molecule has 7 heteroatoms. The minimum absolute atomic E-state index is 0.612. The molecule has 0 amide bonds. The quantitative estimate of drug-likeness (QED) is 0.734. The van der Waals surface area contributed by atoms with E-state index in [1.807, 2.05) is 6.07 Å². The maximum atomic E-state index is 6.01. The summed E-state index contributed by atoms with van der Waals surface area (Å²) < 4.78 is 3.24. The number of thioether (sulfide) groups is 1. The van der Waals surface area contributed by atoms with E-state index in [1.165, 1.54) is 37.0 Å². The van der Waals surface area contributed by atoms with Crippen LogP contribution in [-0.4, -0.2) is 27.9 Å². The van der Waals surface area contributed by atoms with Crippen molar-refractivity contribution in [3.8, 4) is 0 Å². The maximum Gasteiger partial charge on any atom is 0.228 e. The van der Waals surface area contributed by atoms with Crippen molar-refractivity contribution < 1.29 is 0 Å². The molecule has 4 nitrogen and oxygen atoms in total. The topological polar surface area (TPSA) is 34.0 Å². The zero-order chi connectivity index (χ0) is 14.9. The first-order valence-electron chi connectivity index (χ1n) is 7.88. The van der Waals surface area contributed by atoms with E-state index in [-0.39, 0.29) is 0 Å². The minimum Gasteiger partial charge on any atom is -0.341 e. The van der Waals surface area contributed by atoms with Crippen molar-refractivity contribution >= 4 is 40.6 Å². The lowest BCUT2D eigenvalue weighted by molar-refractivity contribution is 0.548. The molecule has 0 radical (unpaired) electrons. The van der Waals surface area contributed by atoms with Gasteiger partial charge in [0.1, 0.15) is 0 Å². The smallest absolute Gasteiger partial charge is 0.228 e. The molecule has 2 aromatic rings. The van der Waals surface area contributed by atoms with Crippen LogP contribution in [0.4, 0.5) is 5.95 Å². The third-order valence-corrected chi connectivity index (χ3v) is 6.58. The molecule has 0 atom stereocenters. The van der Waals surface area contributed by atoms with Crippen molar-refractivity contribution in [3.05, 3.63) is 21.3 Å². The van der Waals surface area contributed by atoms with E-state index in [4.69, 9.17) is 11.6 Å². The molecule has 1 aliphatic carbocycles. The number of hydrogen-bond acceptors (Lipinski definition) is 5. The number of halogens is 1. The second kappa shape index (κ2) is 6.42. The van der Waals surface area contributed by atoms with Crippen molar-refractivity contribution in [2.45, 2.75) is 49.1 Å². The van der Waals surface area contributed by atoms with E-state index in [9.17, 15) is 0 Å². The van der Waals surface area contributed by atoms with Gasteiger partial charge >= 0.3 is 0 Å². The lowest BCUT2D eigenvalue weighted by Crippen LogP contribution is -2.31. The summed E-state index contributed by atoms with van der Waals surface area (Å²) in [6.07, 6.45) is 6.41. The van der Waals surface area contributed by atoms with Crippen LogP contribution in [0.25, 0.3) is 0 Å². The molecular formula is C15H19ClN4S2. The van der Waals surface area contributed by atoms with Crippen LogP contribution < -0.4 is 4.90 Å². The lowest BCUT2D eigenvalue weighted by Gasteiger charge is -2.27. The van der Waals surface area contributed by atoms with Crippen LogP contribution >= 0.6 is 34.7 Å². The number of thiophene rings is 1. The van der Waals surface area contributed by atoms with Gasteiger partial charge in [0.05, 0.1) is 4.34 Å². The largest absolute Gasteiger partial charge is 0.341 e. The van der Waals surface area contributed by atoms with Crippen LogP contribution in [0.2, 0.25) is 4.34 Å². The van der Waals surface area contributed by atoms with E-state index in [0.29, 0.717) is 6.04 Å². The molecule has 4 rings (SSSR count). The van der Waals surface area contributed by atoms with Crippen molar-refractivity contribution in [2.24, 2.45) is 0 Å². The zero-order valence-electron chi connectivity index (χ0n) is 12.4. The number of rotatable bonds is 5. The Morgan fingerprint density at radius 3 is 2.68 bits per heavy atom. The Morgan fingerprint density at radius 2 is 2.00 bits per heavy atom. The van der Waals surface area contributed by atoms with Crippen molar-refractivity contribution in [2.75, 3.05) is 18.0 Å². The summed E-state index contributed by atoms with van der Waals surface area (Å²) >= 11 is 9.44. The highest BCUT2D eigenvalue weighted by atomic mass is 35.5. The minimum atomic E-state index is 0.612. The second-order valence-electron chi connectivity index (χ2n) is 5.93. The molecule has 0 bridgehead atoms. The van der Waals surface area contributed by atoms with E-state index in [1.54, 1.807) is 23.1 Å². The number of aromatic nitrogens is 3. The van der Waals surface area contributed by atoms with Crippen molar-refractivity contribution in [1.29, 1.82) is 0 Å². The van der Waals surface area contributed by atoms with Gasteiger partial charge in [0.15, 0.2) is 5.16 Å². The molecule has 2 fully saturated rings. The number of hydrogen-bond donors (Lipinski definition) is 0. The van der Waals surface area contributed by atoms with Crippen LogP contribution in [0.1, 0.15) is 43.0 Å². The molecule has 22 heavy (non-hydrogen) atoms. The Morgan fingerprint density at radius 1 is 1.18 bits per heavy atom. The highest BCUT2D eigenvalue weighted by molar-refractivity contribution is 7.98. The van der Waals surface area contributed by atoms with Crippen molar-refractivity contribution in [1.82, 2.24) is 14.8 Å². The number of anilines is 1. The van der Waals surface area contributed by atoms with Crippen LogP contribution in [0.15, 0.2) is 17.3 Å². The van der Waals surface area contributed by atoms with Gasteiger partial charge < -0.3 is 4.90 Å². The summed E-state index contributed by atoms with van der Waals surface area (Å²) in [6, 6.07) is 4.68. The Bertz CT molecular complexity index is 644. The zero-order valence-corrected chi connectivity index (χ0v) is 14.8. The Kier molecular flexibility index (Phi) is 4.33. The fourth-order valence-corrected chi connectivity index (χ4v) is 5.03. The average molecular weight is 355 g/mol. The van der Waals surface area contributed by atoms with Gasteiger partial charge in [0, 0.05) is 29.8 Å². The fraction of sp³-hybridized carbons (Fsp3) is 0.600. The van der Waals surface area contributed by atoms with Crippen LogP contribution in [-0.2, 0) is 5.75 Å². The van der Waals surface area contributed by atoms with Gasteiger partial charge in [-0.3, -0.25) is 4.57 Å². The van der Waals surface area contributed by atoms with E-state index < -0.39 is 0 Å². The van der Waals surface area contributed by atoms with Crippen LogP contribution in [0.5, 0.6) is 0 Å². The first-order chi connectivity index (χ1) is 10.8. The first-order valence-corrected chi connectivity index (χ1v) is 10.1. The van der Waals surface area contributed by atoms with Crippen LogP contribution in [0.3, 0.4) is 0 Å². The molecule has 1 saturated heterocycles. The second-order valence-corrected chi connectivity index (χ2v) is 8.67. The molecule has 1 saturated carbocycles. The highest BCUT2D eigenvalue weighted by Gasteiger charge is 2.32. The normalized spacial score (nSPS) is 18.9. The molecule has 0 unspecified atom stereocenters. The predicted molar refractivity (Wildman–Crippen MR) is 93.2 cm³/mol. The first kappa shape index (κ1) is 14.8. The van der Waals surface area contributed by atoms with Gasteiger partial charge in [0.2, 0.25) is 5.95 Å². The molecule has 1 aliphatic heterocycles. The summed E-state index contributed by atoms with van der Waals surface area (Å²) in [6.45, 7) is 2.24. The summed E-state index contributed by atoms with van der Waals surface area (Å²) in [5.74, 6) is 2.01. The molecule has 118 valence electrons. The Labute approximate surface area is 143 Å². The number of nitrogens with zero attached hydrogens (tertiary/aromatic N) is 4. The summed E-state index contributed by atoms with van der Waals surface area (Å²) in [5, 5.41) is 10.1. The SMILES string of the molecule is Clc1ccc(CSc2nnc(N3CCCCC3)n2C2CC2)s1. The predicted octanol–water partition coefficient (Wildman–Crippen LogP) is 4.61. The van der Waals surface area contributed by atoms with Gasteiger partial charge in [-0.15, -0.1) is 21.5 Å². The summed E-state index contributed by atoms with van der Waals surface area (Å²) in [5.41, 5.74) is 0. The van der Waals surface area contributed by atoms with Crippen molar-refractivity contribution in [3.63, 3.8) is 0 Å². The van der Waals surface area contributed by atoms with Gasteiger partial charge in [-0.2, -0.15) is 0 Å². The fourth-order valence-electron chi connectivity index (χ4n) is 2.89. The lowest BCUT2D eigenvalue weighted by atomic mass is 10.1. The maximum absolute atomic E-state index is 6.01. The molecule has 3 heterocycles. The third-order valence-electron chi connectivity index (χ3n) is 4.17. The summed E-state index contributed by atoms with van der Waals surface area (Å²) in [7, 11) is 0. The monoisotopic (exact) mass is 354 g/mol. The molecule has 2 aliphatic rings. The highest BCUT2D eigenvalue weighted by Crippen LogP contribution is 2.42. The third kappa shape index (κ3) is 3.14. The van der Waals surface area contributed by atoms with E-state index in [0.717, 1.165) is 34.3 Å². The molecule has 0 aromatic carbocycles. The Balaban J connectivity index is 1.53. The van der Waals surface area contributed by atoms with Gasteiger partial charge in [0.25, 0.3) is 0 Å². The molecule has 0 spiro atoms.